The van der Waals surface area contributed by atoms with E-state index >= 15 is 0 Å². The normalized spacial score (nSPS) is 14.9. The first kappa shape index (κ1) is 16.5. The monoisotopic (exact) mass is 344 g/mol. The van der Waals surface area contributed by atoms with Gasteiger partial charge in [0.25, 0.3) is 0 Å². The lowest BCUT2D eigenvalue weighted by Gasteiger charge is -2.33. The highest BCUT2D eigenvalue weighted by Crippen LogP contribution is 2.45. The number of nitrogens with zero attached hydrogens (tertiary/aromatic N) is 2. The summed E-state index contributed by atoms with van der Waals surface area (Å²) < 4.78 is 6.30. The van der Waals surface area contributed by atoms with Crippen molar-refractivity contribution in [1.29, 1.82) is 0 Å². The zero-order chi connectivity index (χ0) is 16.6. The molecule has 1 aromatic heterocycles. The summed E-state index contributed by atoms with van der Waals surface area (Å²) in [6, 6.07) is 6.52. The highest BCUT2D eigenvalue weighted by molar-refractivity contribution is 7.99. The van der Waals surface area contributed by atoms with Gasteiger partial charge in [-0.15, -0.1) is 0 Å². The molecule has 1 radical (unpaired) electrons. The summed E-state index contributed by atoms with van der Waals surface area (Å²) in [5, 5.41) is 4.32. The van der Waals surface area contributed by atoms with Crippen molar-refractivity contribution < 1.29 is 4.43 Å². The molecular formula is C17H22N3OSSi. The highest BCUT2D eigenvalue weighted by atomic mass is 32.2. The third kappa shape index (κ3) is 3.59. The molecule has 121 valence electrons. The van der Waals surface area contributed by atoms with Crippen LogP contribution < -0.4 is 5.32 Å². The molecule has 0 saturated carbocycles. The van der Waals surface area contributed by atoms with Gasteiger partial charge in [0.05, 0.1) is 11.8 Å². The molecule has 6 heteroatoms. The first-order valence-corrected chi connectivity index (χ1v) is 10.9. The van der Waals surface area contributed by atoms with E-state index < -0.39 is 9.04 Å². The summed E-state index contributed by atoms with van der Waals surface area (Å²) in [6.07, 6.45) is 3.53. The molecule has 3 rings (SSSR count). The Morgan fingerprint density at radius 2 is 1.91 bits per heavy atom. The zero-order valence-electron chi connectivity index (χ0n) is 14.2. The number of nitrogens with one attached hydrogen (secondary N) is 1. The Labute approximate surface area is 143 Å². The van der Waals surface area contributed by atoms with Crippen LogP contribution in [0, 0.1) is 5.41 Å². The number of rotatable bonds is 3. The van der Waals surface area contributed by atoms with Crippen LogP contribution in [0.1, 0.15) is 32.4 Å². The lowest BCUT2D eigenvalue weighted by atomic mass is 9.85. The molecule has 1 aliphatic rings. The topological polar surface area (TPSA) is 47.0 Å². The summed E-state index contributed by atoms with van der Waals surface area (Å²) in [7, 11) is -0.780. The Bertz CT molecular complexity index is 715. The fourth-order valence-electron chi connectivity index (χ4n) is 2.60. The van der Waals surface area contributed by atoms with Crippen LogP contribution in [0.3, 0.4) is 0 Å². The van der Waals surface area contributed by atoms with Crippen LogP contribution in [-0.2, 0) is 4.43 Å². The van der Waals surface area contributed by atoms with Crippen molar-refractivity contribution in [1.82, 2.24) is 9.97 Å². The molecule has 23 heavy (non-hydrogen) atoms. The molecule has 0 saturated heterocycles. The van der Waals surface area contributed by atoms with Gasteiger partial charge in [0, 0.05) is 17.3 Å². The van der Waals surface area contributed by atoms with E-state index in [-0.39, 0.29) is 11.5 Å². The van der Waals surface area contributed by atoms with Crippen LogP contribution in [0.25, 0.3) is 0 Å². The quantitative estimate of drug-likeness (QED) is 0.674. The summed E-state index contributed by atoms with van der Waals surface area (Å²) in [5.41, 5.74) is 2.35. The number of anilines is 2. The summed E-state index contributed by atoms with van der Waals surface area (Å²) >= 11 is 1.65. The van der Waals surface area contributed by atoms with Crippen molar-refractivity contribution in [2.75, 3.05) is 5.32 Å². The van der Waals surface area contributed by atoms with Gasteiger partial charge in [0.1, 0.15) is 5.03 Å². The first-order valence-electron chi connectivity index (χ1n) is 7.71. The molecule has 2 heterocycles. The molecule has 1 aromatic carbocycles. The van der Waals surface area contributed by atoms with Gasteiger partial charge in [0.2, 0.25) is 9.04 Å². The summed E-state index contributed by atoms with van der Waals surface area (Å²) in [5.74, 6) is 0.825. The third-order valence-corrected chi connectivity index (χ3v) is 5.35. The van der Waals surface area contributed by atoms with Crippen molar-refractivity contribution in [2.45, 2.75) is 49.9 Å². The van der Waals surface area contributed by atoms with E-state index in [1.807, 2.05) is 0 Å². The fourth-order valence-corrected chi connectivity index (χ4v) is 4.43. The largest absolute Gasteiger partial charge is 0.410 e. The first-order chi connectivity index (χ1) is 10.8. The molecule has 1 atom stereocenters. The molecule has 1 N–H and O–H groups in total. The van der Waals surface area contributed by atoms with Crippen LogP contribution in [0.15, 0.2) is 40.5 Å². The summed E-state index contributed by atoms with van der Waals surface area (Å²) in [4.78, 5) is 9.91. The van der Waals surface area contributed by atoms with Crippen molar-refractivity contribution in [3.8, 4) is 0 Å². The molecule has 4 nitrogen and oxygen atoms in total. The lowest BCUT2D eigenvalue weighted by molar-refractivity contribution is 0.0866. The number of hydrogen-bond acceptors (Lipinski definition) is 5. The number of aromatic nitrogens is 2. The standard InChI is InChI=1S/C17H22N3OSSi/c1-17(2,3)14(21-23(4)5)11-6-7-13-12(10-11)20-15-16(22-13)19-9-8-18-15/h6-10,14H,1-5H3,(H,18,20). The predicted molar refractivity (Wildman–Crippen MR) is 96.6 cm³/mol. The summed E-state index contributed by atoms with van der Waals surface area (Å²) in [6.45, 7) is 11.0. The van der Waals surface area contributed by atoms with Crippen LogP contribution in [-0.4, -0.2) is 19.0 Å². The van der Waals surface area contributed by atoms with Gasteiger partial charge in [-0.1, -0.05) is 38.6 Å². The van der Waals surface area contributed by atoms with Crippen molar-refractivity contribution >= 4 is 32.3 Å². The minimum Gasteiger partial charge on any atom is -0.410 e. The zero-order valence-corrected chi connectivity index (χ0v) is 16.0. The molecule has 0 aliphatic carbocycles. The van der Waals surface area contributed by atoms with Crippen molar-refractivity contribution in [3.63, 3.8) is 0 Å². The molecule has 1 aliphatic heterocycles. The van der Waals surface area contributed by atoms with Crippen LogP contribution >= 0.6 is 11.8 Å². The SMILES string of the molecule is C[Si](C)OC(c1ccc2c(c1)Nc1nccnc1S2)C(C)(C)C. The van der Waals surface area contributed by atoms with E-state index in [1.165, 1.54) is 10.5 Å². The molecular weight excluding hydrogens is 322 g/mol. The number of fused-ring (bicyclic) bond motifs is 2. The Morgan fingerprint density at radius 1 is 1.17 bits per heavy atom. The Hall–Kier alpha value is -1.37. The maximum Gasteiger partial charge on any atom is 0.205 e. The van der Waals surface area contributed by atoms with E-state index in [4.69, 9.17) is 4.43 Å². The van der Waals surface area contributed by atoms with E-state index in [9.17, 15) is 0 Å². The minimum absolute atomic E-state index is 0.0513. The average Bonchev–Trinajstić information content (AvgIpc) is 2.49. The van der Waals surface area contributed by atoms with E-state index in [0.29, 0.717) is 0 Å². The predicted octanol–water partition coefficient (Wildman–Crippen LogP) is 5.04. The smallest absolute Gasteiger partial charge is 0.205 e. The number of hydrogen-bond donors (Lipinski definition) is 1. The van der Waals surface area contributed by atoms with Crippen LogP contribution in [0.5, 0.6) is 0 Å². The van der Waals surface area contributed by atoms with E-state index in [0.717, 1.165) is 16.5 Å². The Kier molecular flexibility index (Phi) is 4.49. The van der Waals surface area contributed by atoms with Gasteiger partial charge < -0.3 is 9.74 Å². The maximum absolute atomic E-state index is 6.30. The van der Waals surface area contributed by atoms with Gasteiger partial charge in [-0.05, 0) is 36.2 Å². The van der Waals surface area contributed by atoms with Gasteiger partial charge >= 0.3 is 0 Å². The van der Waals surface area contributed by atoms with E-state index in [1.54, 1.807) is 24.2 Å². The average molecular weight is 345 g/mol. The van der Waals surface area contributed by atoms with Crippen molar-refractivity contribution in [3.05, 3.63) is 36.2 Å². The molecule has 0 bridgehead atoms. The van der Waals surface area contributed by atoms with Gasteiger partial charge in [-0.3, -0.25) is 0 Å². The molecule has 0 spiro atoms. The number of benzene rings is 1. The minimum atomic E-state index is -0.780. The van der Waals surface area contributed by atoms with Gasteiger partial charge in [0.15, 0.2) is 5.82 Å². The molecule has 2 aromatic rings. The second kappa shape index (κ2) is 6.26. The second-order valence-electron chi connectivity index (χ2n) is 6.96. The third-order valence-electron chi connectivity index (χ3n) is 3.57. The van der Waals surface area contributed by atoms with E-state index in [2.05, 4.69) is 67.3 Å². The molecule has 1 unspecified atom stereocenters. The lowest BCUT2D eigenvalue weighted by Crippen LogP contribution is -2.26. The van der Waals surface area contributed by atoms with Crippen LogP contribution in [0.4, 0.5) is 11.5 Å². The molecule has 0 amide bonds. The van der Waals surface area contributed by atoms with Crippen LogP contribution in [0.2, 0.25) is 13.1 Å². The Morgan fingerprint density at radius 3 is 2.61 bits per heavy atom. The Balaban J connectivity index is 1.95. The maximum atomic E-state index is 6.30. The molecule has 0 fully saturated rings. The van der Waals surface area contributed by atoms with Gasteiger partial charge in [-0.2, -0.15) is 0 Å². The van der Waals surface area contributed by atoms with Gasteiger partial charge in [-0.25, -0.2) is 9.97 Å². The fraction of sp³-hybridized carbons (Fsp3) is 0.412. The highest BCUT2D eigenvalue weighted by Gasteiger charge is 2.29. The second-order valence-corrected chi connectivity index (χ2v) is 10.0. The van der Waals surface area contributed by atoms with Crippen molar-refractivity contribution in [2.24, 2.45) is 5.41 Å².